The van der Waals surface area contributed by atoms with E-state index in [4.69, 9.17) is 9.47 Å². The second-order valence-electron chi connectivity index (χ2n) is 16.8. The number of benzene rings is 4. The second-order valence-corrected chi connectivity index (χ2v) is 22.4. The summed E-state index contributed by atoms with van der Waals surface area (Å²) >= 11 is 3.21. The summed E-state index contributed by atoms with van der Waals surface area (Å²) in [7, 11) is -7.75. The minimum absolute atomic E-state index is 0.0182. The van der Waals surface area contributed by atoms with Crippen molar-refractivity contribution < 1.29 is 35.9 Å². The number of fused-ring (bicyclic) bond motifs is 2. The Morgan fingerprint density at radius 3 is 1.68 bits per heavy atom. The highest BCUT2D eigenvalue weighted by Gasteiger charge is 2.39. The number of ether oxygens (including phenoxy) is 2. The molecule has 1 N–H and O–H groups in total. The van der Waals surface area contributed by atoms with Crippen LogP contribution in [0.25, 0.3) is 20.2 Å². The summed E-state index contributed by atoms with van der Waals surface area (Å²) in [6, 6.07) is 34.0. The highest BCUT2D eigenvalue weighted by molar-refractivity contribution is 7.88. The molecule has 0 spiro atoms. The van der Waals surface area contributed by atoms with Gasteiger partial charge in [-0.3, -0.25) is 4.98 Å². The van der Waals surface area contributed by atoms with Crippen LogP contribution in [0.15, 0.2) is 144 Å². The Labute approximate surface area is 377 Å². The third-order valence-electron chi connectivity index (χ3n) is 9.26. The molecule has 2 atom stereocenters. The van der Waals surface area contributed by atoms with Gasteiger partial charge in [-0.05, 0) is 133 Å². The Bertz CT molecular complexity index is 2850. The predicted octanol–water partition coefficient (Wildman–Crippen LogP) is 10.1. The molecule has 7 aromatic rings. The molecule has 11 nitrogen and oxygen atoms in total. The molecule has 0 aliphatic carbocycles. The summed E-state index contributed by atoms with van der Waals surface area (Å²) < 4.78 is 70.6. The number of carbonyl (C=O) groups excluding carboxylic acids is 2. The Balaban J connectivity index is 0.000000215. The van der Waals surface area contributed by atoms with Gasteiger partial charge in [-0.25, -0.2) is 26.4 Å². The zero-order valence-electron chi connectivity index (χ0n) is 35.9. The molecule has 4 aromatic carbocycles. The van der Waals surface area contributed by atoms with Crippen LogP contribution in [0.1, 0.15) is 81.4 Å². The second kappa shape index (κ2) is 20.0. The number of thiophene rings is 2. The molecule has 63 heavy (non-hydrogen) atoms. The number of nitrogens with zero attached hydrogens (tertiary/aromatic N) is 2. The van der Waals surface area contributed by atoms with E-state index in [0.29, 0.717) is 27.8 Å². The fourth-order valence-electron chi connectivity index (χ4n) is 6.64. The first-order valence-corrected chi connectivity index (χ1v) is 25.1. The maximum Gasteiger partial charge on any atom is 0.329 e. The van der Waals surface area contributed by atoms with Gasteiger partial charge in [0.05, 0.1) is 11.5 Å². The van der Waals surface area contributed by atoms with Gasteiger partial charge in [0, 0.05) is 28.3 Å². The van der Waals surface area contributed by atoms with Crippen molar-refractivity contribution in [2.75, 3.05) is 0 Å². The molecule has 15 heteroatoms. The van der Waals surface area contributed by atoms with Crippen LogP contribution < -0.4 is 4.72 Å². The average molecular weight is 926 g/mol. The third-order valence-corrected chi connectivity index (χ3v) is 14.1. The van der Waals surface area contributed by atoms with Gasteiger partial charge < -0.3 is 9.47 Å². The van der Waals surface area contributed by atoms with Crippen LogP contribution in [0, 0.1) is 0 Å². The van der Waals surface area contributed by atoms with Gasteiger partial charge in [-0.1, -0.05) is 78.9 Å². The number of aromatic nitrogens is 1. The minimum atomic E-state index is -3.97. The van der Waals surface area contributed by atoms with Crippen LogP contribution in [0.2, 0.25) is 0 Å². The lowest BCUT2D eigenvalue weighted by atomic mass is 10.1. The molecule has 0 amide bonds. The van der Waals surface area contributed by atoms with E-state index in [1.807, 2.05) is 59.3 Å². The molecule has 0 saturated heterocycles. The summed E-state index contributed by atoms with van der Waals surface area (Å²) in [6.07, 6.45) is 3.23. The average Bonchev–Trinajstić information content (AvgIpc) is 3.89. The molecule has 3 heterocycles. The van der Waals surface area contributed by atoms with Gasteiger partial charge in [0.1, 0.15) is 23.3 Å². The van der Waals surface area contributed by atoms with E-state index in [1.54, 1.807) is 149 Å². The van der Waals surface area contributed by atoms with Crippen LogP contribution in [0.4, 0.5) is 0 Å². The quantitative estimate of drug-likeness (QED) is 0.105. The smallest absolute Gasteiger partial charge is 0.329 e. The summed E-state index contributed by atoms with van der Waals surface area (Å²) in [6.45, 7) is 10.5. The van der Waals surface area contributed by atoms with Crippen molar-refractivity contribution in [2.45, 2.75) is 82.9 Å². The lowest BCUT2D eigenvalue weighted by Gasteiger charge is -2.32. The van der Waals surface area contributed by atoms with Crippen LogP contribution in [0.5, 0.6) is 0 Å². The lowest BCUT2D eigenvalue weighted by molar-refractivity contribution is -0.160. The summed E-state index contributed by atoms with van der Waals surface area (Å²) in [5.41, 5.74) is 1.57. The van der Waals surface area contributed by atoms with Crippen LogP contribution in [-0.4, -0.2) is 49.3 Å². The van der Waals surface area contributed by atoms with Gasteiger partial charge in [0.25, 0.3) is 0 Å². The molecule has 0 bridgehead atoms. The summed E-state index contributed by atoms with van der Waals surface area (Å²) in [4.78, 5) is 30.3. The Morgan fingerprint density at radius 1 is 0.635 bits per heavy atom. The van der Waals surface area contributed by atoms with Crippen molar-refractivity contribution in [3.63, 3.8) is 0 Å². The van der Waals surface area contributed by atoms with Crippen molar-refractivity contribution in [1.82, 2.24) is 14.0 Å². The standard InChI is InChI=1S/C27H28N2O4S2.C21H23NO4S2/c1-27(2,3)33-26(30)25(22-9-5-4-6-10-22)29(18-21-8-7-14-28-17-21)35(31,32)19-20-11-12-24-23(16-20)13-15-34-24;1-21(2,3)26-20(23)19(16-7-5-4-6-8-16)22-28(24,25)14-15-9-10-18-17(13-15)11-12-27-18/h4-17,25H,18-19H2,1-3H3;4-13,19,22H,14H2,1-3H3/t25-;19-/m10/s1. The summed E-state index contributed by atoms with van der Waals surface area (Å²) in [5.74, 6) is -1.71. The topological polar surface area (TPSA) is 149 Å². The van der Waals surface area contributed by atoms with E-state index >= 15 is 0 Å². The zero-order valence-corrected chi connectivity index (χ0v) is 39.2. The normalized spacial score (nSPS) is 13.3. The Morgan fingerprint density at radius 2 is 1.16 bits per heavy atom. The first-order chi connectivity index (χ1) is 29.8. The molecule has 0 radical (unpaired) electrons. The van der Waals surface area contributed by atoms with Crippen molar-refractivity contribution in [2.24, 2.45) is 0 Å². The fraction of sp³-hybridized carbons (Fsp3) is 0.271. The largest absolute Gasteiger partial charge is 0.459 e. The molecular weight excluding hydrogens is 875 g/mol. The SMILES string of the molecule is CC(C)(C)OC(=O)[C@@H](NS(=O)(=O)Cc1ccc2sccc2c1)c1ccccc1.CC(C)(C)OC(=O)[C@@H](c1ccccc1)N(Cc1cccnc1)S(=O)(=O)Cc1ccc2sccc2c1. The van der Waals surface area contributed by atoms with E-state index < -0.39 is 55.3 Å². The van der Waals surface area contributed by atoms with Crippen LogP contribution in [0.3, 0.4) is 0 Å². The third kappa shape index (κ3) is 13.6. The molecule has 0 fully saturated rings. The van der Waals surface area contributed by atoms with Gasteiger partial charge in [-0.2, -0.15) is 9.03 Å². The lowest BCUT2D eigenvalue weighted by Crippen LogP contribution is -2.42. The van der Waals surface area contributed by atoms with Crippen molar-refractivity contribution in [3.05, 3.63) is 172 Å². The number of nitrogens with one attached hydrogen (secondary N) is 1. The minimum Gasteiger partial charge on any atom is -0.459 e. The number of pyridine rings is 1. The van der Waals surface area contributed by atoms with Crippen molar-refractivity contribution in [3.8, 4) is 0 Å². The highest BCUT2D eigenvalue weighted by Crippen LogP contribution is 2.32. The number of rotatable bonds is 14. The fourth-order valence-corrected chi connectivity index (χ4v) is 11.1. The van der Waals surface area contributed by atoms with Crippen molar-refractivity contribution in [1.29, 1.82) is 0 Å². The molecule has 7 rings (SSSR count). The first-order valence-electron chi connectivity index (χ1n) is 20.1. The molecule has 0 aliphatic rings. The number of hydrogen-bond acceptors (Lipinski definition) is 11. The maximum absolute atomic E-state index is 14.0. The molecule has 0 saturated carbocycles. The Hall–Kier alpha value is -5.29. The predicted molar refractivity (Wildman–Crippen MR) is 252 cm³/mol. The zero-order chi connectivity index (χ0) is 45.4. The van der Waals surface area contributed by atoms with Crippen molar-refractivity contribution >= 4 is 74.8 Å². The summed E-state index contributed by atoms with van der Waals surface area (Å²) in [5, 5.41) is 5.94. The van der Waals surface area contributed by atoms with Crippen LogP contribution in [-0.2, 0) is 57.2 Å². The highest BCUT2D eigenvalue weighted by atomic mass is 32.2. The van der Waals surface area contributed by atoms with E-state index in [1.165, 1.54) is 4.31 Å². The Kier molecular flexibility index (Phi) is 15.0. The monoisotopic (exact) mass is 925 g/mol. The van der Waals surface area contributed by atoms with Gasteiger partial charge in [0.2, 0.25) is 20.0 Å². The molecular formula is C48H51N3O8S4. The molecule has 0 aliphatic heterocycles. The molecule has 3 aromatic heterocycles. The van der Waals surface area contributed by atoms with Gasteiger partial charge in [0.15, 0.2) is 0 Å². The van der Waals surface area contributed by atoms with E-state index in [0.717, 1.165) is 20.2 Å². The number of sulfonamides is 2. The van der Waals surface area contributed by atoms with E-state index in [-0.39, 0.29) is 18.1 Å². The first kappa shape index (κ1) is 47.2. The maximum atomic E-state index is 14.0. The van der Waals surface area contributed by atoms with E-state index in [2.05, 4.69) is 9.71 Å². The van der Waals surface area contributed by atoms with Gasteiger partial charge >= 0.3 is 11.9 Å². The van der Waals surface area contributed by atoms with Gasteiger partial charge in [-0.15, -0.1) is 22.7 Å². The number of hydrogen-bond donors (Lipinski definition) is 1. The van der Waals surface area contributed by atoms with Crippen LogP contribution >= 0.6 is 22.7 Å². The molecule has 330 valence electrons. The number of esters is 2. The number of carbonyl (C=O) groups is 2. The molecule has 0 unspecified atom stereocenters. The van der Waals surface area contributed by atoms with E-state index in [9.17, 15) is 26.4 Å².